The second-order valence-electron chi connectivity index (χ2n) is 6.43. The van der Waals surface area contributed by atoms with Crippen LogP contribution < -0.4 is 10.1 Å². The SMILES string of the molecule is CCOC(=O)C[C@@H](NC(=O)C(=O)OC(C)(C)C)c1ccc(OC)c(F)c1. The van der Waals surface area contributed by atoms with Gasteiger partial charge in [0.25, 0.3) is 0 Å². The zero-order valence-electron chi connectivity index (χ0n) is 15.6. The minimum absolute atomic E-state index is 0.0158. The Morgan fingerprint density at radius 2 is 1.88 bits per heavy atom. The van der Waals surface area contributed by atoms with Crippen LogP contribution in [0.25, 0.3) is 0 Å². The van der Waals surface area contributed by atoms with E-state index in [1.54, 1.807) is 27.7 Å². The van der Waals surface area contributed by atoms with E-state index in [9.17, 15) is 18.8 Å². The van der Waals surface area contributed by atoms with Crippen LogP contribution in [0.2, 0.25) is 0 Å². The lowest BCUT2D eigenvalue weighted by Gasteiger charge is -2.22. The molecule has 0 spiro atoms. The van der Waals surface area contributed by atoms with Gasteiger partial charge < -0.3 is 19.5 Å². The van der Waals surface area contributed by atoms with Crippen LogP contribution in [0.4, 0.5) is 4.39 Å². The maximum absolute atomic E-state index is 14.0. The van der Waals surface area contributed by atoms with E-state index in [4.69, 9.17) is 14.2 Å². The van der Waals surface area contributed by atoms with Gasteiger partial charge in [0.05, 0.1) is 26.2 Å². The fraction of sp³-hybridized carbons (Fsp3) is 0.500. The topological polar surface area (TPSA) is 90.9 Å². The van der Waals surface area contributed by atoms with Gasteiger partial charge in [0.15, 0.2) is 11.6 Å². The molecular weight excluding hydrogens is 345 g/mol. The number of ether oxygens (including phenoxy) is 3. The van der Waals surface area contributed by atoms with Crippen molar-refractivity contribution < 1.29 is 33.0 Å². The minimum atomic E-state index is -1.10. The van der Waals surface area contributed by atoms with Crippen molar-refractivity contribution in [3.05, 3.63) is 29.6 Å². The van der Waals surface area contributed by atoms with Gasteiger partial charge in [0.1, 0.15) is 5.60 Å². The summed E-state index contributed by atoms with van der Waals surface area (Å²) in [4.78, 5) is 35.8. The number of halogens is 1. The molecule has 1 aromatic carbocycles. The number of esters is 2. The number of nitrogens with one attached hydrogen (secondary N) is 1. The molecule has 0 saturated heterocycles. The lowest BCUT2D eigenvalue weighted by Crippen LogP contribution is -2.39. The van der Waals surface area contributed by atoms with Crippen molar-refractivity contribution in [3.63, 3.8) is 0 Å². The molecule has 0 heterocycles. The molecule has 0 fully saturated rings. The molecule has 1 amide bonds. The first kappa shape index (κ1) is 21.4. The van der Waals surface area contributed by atoms with E-state index in [2.05, 4.69) is 5.32 Å². The zero-order chi connectivity index (χ0) is 19.9. The summed E-state index contributed by atoms with van der Waals surface area (Å²) < 4.78 is 28.7. The average molecular weight is 369 g/mol. The highest BCUT2D eigenvalue weighted by molar-refractivity contribution is 6.32. The van der Waals surface area contributed by atoms with E-state index in [1.165, 1.54) is 19.2 Å². The van der Waals surface area contributed by atoms with E-state index in [0.29, 0.717) is 0 Å². The van der Waals surface area contributed by atoms with Crippen molar-refractivity contribution in [2.75, 3.05) is 13.7 Å². The molecule has 0 aliphatic rings. The number of carbonyl (C=O) groups is 3. The molecule has 0 aromatic heterocycles. The first-order valence-electron chi connectivity index (χ1n) is 8.10. The van der Waals surface area contributed by atoms with Crippen LogP contribution in [0, 0.1) is 5.82 Å². The van der Waals surface area contributed by atoms with Crippen LogP contribution in [0.15, 0.2) is 18.2 Å². The lowest BCUT2D eigenvalue weighted by molar-refractivity contribution is -0.164. The normalized spacial score (nSPS) is 12.1. The predicted molar refractivity (Wildman–Crippen MR) is 90.9 cm³/mol. The number of hydrogen-bond acceptors (Lipinski definition) is 6. The number of methoxy groups -OCH3 is 1. The van der Waals surface area contributed by atoms with E-state index in [0.717, 1.165) is 6.07 Å². The van der Waals surface area contributed by atoms with Gasteiger partial charge in [-0.25, -0.2) is 9.18 Å². The van der Waals surface area contributed by atoms with Crippen LogP contribution in [-0.4, -0.2) is 37.2 Å². The standard InChI is InChI=1S/C18H24FNO6/c1-6-25-15(21)10-13(11-7-8-14(24-5)12(19)9-11)20-16(22)17(23)26-18(2,3)4/h7-9,13H,6,10H2,1-5H3,(H,20,22)/t13-/m1/s1. The molecule has 0 saturated carbocycles. The predicted octanol–water partition coefficient (Wildman–Crippen LogP) is 2.29. The Morgan fingerprint density at radius 1 is 1.23 bits per heavy atom. The Morgan fingerprint density at radius 3 is 2.38 bits per heavy atom. The van der Waals surface area contributed by atoms with Gasteiger partial charge in [-0.3, -0.25) is 9.59 Å². The lowest BCUT2D eigenvalue weighted by atomic mass is 10.0. The van der Waals surface area contributed by atoms with Gasteiger partial charge in [-0.05, 0) is 45.4 Å². The molecule has 144 valence electrons. The molecule has 7 nitrogen and oxygen atoms in total. The molecule has 0 aliphatic heterocycles. The maximum Gasteiger partial charge on any atom is 0.397 e. The minimum Gasteiger partial charge on any atom is -0.494 e. The van der Waals surface area contributed by atoms with Gasteiger partial charge >= 0.3 is 17.8 Å². The first-order valence-corrected chi connectivity index (χ1v) is 8.10. The van der Waals surface area contributed by atoms with Crippen LogP contribution in [0.1, 0.15) is 45.7 Å². The van der Waals surface area contributed by atoms with Gasteiger partial charge in [-0.15, -0.1) is 0 Å². The number of rotatable bonds is 6. The van der Waals surface area contributed by atoms with Crippen molar-refractivity contribution in [1.82, 2.24) is 5.32 Å². The van der Waals surface area contributed by atoms with Gasteiger partial charge in [0.2, 0.25) is 0 Å². The smallest absolute Gasteiger partial charge is 0.397 e. The Bertz CT molecular complexity index is 668. The number of hydrogen-bond donors (Lipinski definition) is 1. The van der Waals surface area contributed by atoms with Gasteiger partial charge in [0, 0.05) is 0 Å². The molecule has 26 heavy (non-hydrogen) atoms. The third-order valence-electron chi connectivity index (χ3n) is 3.14. The first-order chi connectivity index (χ1) is 12.1. The number of carbonyl (C=O) groups excluding carboxylic acids is 3. The Kier molecular flexibility index (Phi) is 7.55. The summed E-state index contributed by atoms with van der Waals surface area (Å²) in [5.41, 5.74) is -0.564. The molecular formula is C18H24FNO6. The molecule has 0 unspecified atom stereocenters. The van der Waals surface area contributed by atoms with Crippen LogP contribution in [0.3, 0.4) is 0 Å². The van der Waals surface area contributed by atoms with Crippen molar-refractivity contribution in [3.8, 4) is 5.75 Å². The van der Waals surface area contributed by atoms with Crippen molar-refractivity contribution in [2.45, 2.75) is 45.8 Å². The molecule has 8 heteroatoms. The zero-order valence-corrected chi connectivity index (χ0v) is 15.6. The fourth-order valence-corrected chi connectivity index (χ4v) is 2.08. The second kappa shape index (κ2) is 9.17. The third kappa shape index (κ3) is 6.70. The molecule has 0 bridgehead atoms. The number of amides is 1. The molecule has 0 aliphatic carbocycles. The van der Waals surface area contributed by atoms with E-state index < -0.39 is 35.3 Å². The van der Waals surface area contributed by atoms with Crippen LogP contribution in [0.5, 0.6) is 5.75 Å². The van der Waals surface area contributed by atoms with Crippen LogP contribution in [-0.2, 0) is 23.9 Å². The second-order valence-corrected chi connectivity index (χ2v) is 6.43. The van der Waals surface area contributed by atoms with E-state index >= 15 is 0 Å². The number of benzene rings is 1. The summed E-state index contributed by atoms with van der Waals surface area (Å²) >= 11 is 0. The van der Waals surface area contributed by atoms with Crippen molar-refractivity contribution in [2.24, 2.45) is 0 Å². The molecule has 1 aromatic rings. The molecule has 0 radical (unpaired) electrons. The largest absolute Gasteiger partial charge is 0.494 e. The highest BCUT2D eigenvalue weighted by Crippen LogP contribution is 2.24. The maximum atomic E-state index is 14.0. The summed E-state index contributed by atoms with van der Waals surface area (Å²) in [6.07, 6.45) is -0.270. The summed E-state index contributed by atoms with van der Waals surface area (Å²) in [6.45, 7) is 6.65. The van der Waals surface area contributed by atoms with Crippen molar-refractivity contribution in [1.29, 1.82) is 0 Å². The van der Waals surface area contributed by atoms with E-state index in [1.807, 2.05) is 0 Å². The molecule has 1 rings (SSSR count). The third-order valence-corrected chi connectivity index (χ3v) is 3.14. The van der Waals surface area contributed by atoms with E-state index in [-0.39, 0.29) is 24.3 Å². The summed E-state index contributed by atoms with van der Waals surface area (Å²) in [7, 11) is 1.32. The summed E-state index contributed by atoms with van der Waals surface area (Å²) in [5.74, 6) is -3.38. The average Bonchev–Trinajstić information content (AvgIpc) is 2.52. The molecule has 1 N–H and O–H groups in total. The molecule has 1 atom stereocenters. The highest BCUT2D eigenvalue weighted by atomic mass is 19.1. The van der Waals surface area contributed by atoms with Crippen LogP contribution >= 0.6 is 0 Å². The summed E-state index contributed by atoms with van der Waals surface area (Å²) in [5, 5.41) is 2.39. The Balaban J connectivity index is 3.01. The quantitative estimate of drug-likeness (QED) is 0.611. The van der Waals surface area contributed by atoms with Crippen molar-refractivity contribution >= 4 is 17.8 Å². The Labute approximate surface area is 151 Å². The highest BCUT2D eigenvalue weighted by Gasteiger charge is 2.27. The summed E-state index contributed by atoms with van der Waals surface area (Å²) in [6, 6.07) is 3.01. The van der Waals surface area contributed by atoms with Gasteiger partial charge in [-0.2, -0.15) is 0 Å². The fourth-order valence-electron chi connectivity index (χ4n) is 2.08. The van der Waals surface area contributed by atoms with Gasteiger partial charge in [-0.1, -0.05) is 6.07 Å². The Hall–Kier alpha value is -2.64. The monoisotopic (exact) mass is 369 g/mol.